The first-order valence-corrected chi connectivity index (χ1v) is 18.0. The SMILES string of the molecule is CC[C@@H]1C(=O)O[C@H](C)C/C=C/C=C/C=C/C=C/[C@H](O[C@@H]2O[C@H](C)[C@@H](O)[C@H](N)[C@@H]2O)CC2O[C@](O)(C[C@@H](O)CCCC(=O)C[C@H]1O)C[C@H](O)[C@H]2C(=O)O. The number of fused-ring (bicyclic) bond motifs is 2. The van der Waals surface area contributed by atoms with Gasteiger partial charge in [0.1, 0.15) is 23.9 Å². The predicted molar refractivity (Wildman–Crippen MR) is 186 cm³/mol. The maximum Gasteiger partial charge on any atom is 0.311 e. The molecule has 3 aliphatic rings. The zero-order chi connectivity index (χ0) is 38.6. The number of esters is 1. The summed E-state index contributed by atoms with van der Waals surface area (Å²) in [5, 5.41) is 74.8. The lowest BCUT2D eigenvalue weighted by molar-refractivity contribution is -0.308. The topological polar surface area (TPSA) is 256 Å². The van der Waals surface area contributed by atoms with Crippen molar-refractivity contribution in [2.24, 2.45) is 17.6 Å². The van der Waals surface area contributed by atoms with Crippen molar-refractivity contribution < 1.29 is 69.1 Å². The van der Waals surface area contributed by atoms with Crippen LogP contribution in [-0.2, 0) is 33.3 Å². The van der Waals surface area contributed by atoms with E-state index in [1.54, 1.807) is 69.4 Å². The Balaban J connectivity index is 1.88. The summed E-state index contributed by atoms with van der Waals surface area (Å²) >= 11 is 0. The molecule has 3 heterocycles. The molecular weight excluding hydrogens is 682 g/mol. The van der Waals surface area contributed by atoms with Crippen molar-refractivity contribution in [2.75, 3.05) is 0 Å². The minimum Gasteiger partial charge on any atom is -0.481 e. The molecule has 3 aliphatic heterocycles. The van der Waals surface area contributed by atoms with Crippen LogP contribution in [0.3, 0.4) is 0 Å². The molecule has 3 rings (SSSR count). The van der Waals surface area contributed by atoms with Crippen LogP contribution in [0.25, 0.3) is 0 Å². The first-order valence-electron chi connectivity index (χ1n) is 18.0. The number of aliphatic carboxylic acids is 1. The van der Waals surface area contributed by atoms with E-state index in [4.69, 9.17) is 24.7 Å². The highest BCUT2D eigenvalue weighted by Gasteiger charge is 2.50. The van der Waals surface area contributed by atoms with Gasteiger partial charge in [-0.15, -0.1) is 0 Å². The average Bonchev–Trinajstić information content (AvgIpc) is 3.04. The molecule has 15 nitrogen and oxygen atoms in total. The van der Waals surface area contributed by atoms with Gasteiger partial charge in [-0.2, -0.15) is 0 Å². The normalized spacial score (nSPS) is 43.5. The van der Waals surface area contributed by atoms with Crippen molar-refractivity contribution in [1.29, 1.82) is 0 Å². The predicted octanol–water partition coefficient (Wildman–Crippen LogP) is 0.923. The van der Waals surface area contributed by atoms with Crippen LogP contribution in [0.2, 0.25) is 0 Å². The summed E-state index contributed by atoms with van der Waals surface area (Å²) in [4.78, 5) is 37.8. The van der Waals surface area contributed by atoms with Crippen LogP contribution in [0.5, 0.6) is 0 Å². The van der Waals surface area contributed by atoms with E-state index < -0.39 is 110 Å². The summed E-state index contributed by atoms with van der Waals surface area (Å²) in [5.74, 6) is -6.84. The molecular formula is C37H57NO14. The minimum atomic E-state index is -2.15. The molecule has 15 heteroatoms. The molecule has 52 heavy (non-hydrogen) atoms. The average molecular weight is 740 g/mol. The number of carboxylic acid groups (broad SMARTS) is 1. The number of ether oxygens (including phenoxy) is 4. The van der Waals surface area contributed by atoms with E-state index in [0.717, 1.165) is 0 Å². The Morgan fingerprint density at radius 3 is 2.33 bits per heavy atom. The number of aliphatic hydroxyl groups is 6. The van der Waals surface area contributed by atoms with Crippen molar-refractivity contribution in [3.8, 4) is 0 Å². The largest absolute Gasteiger partial charge is 0.481 e. The number of hydrogen-bond donors (Lipinski definition) is 8. The lowest BCUT2D eigenvalue weighted by Crippen LogP contribution is -2.61. The Kier molecular flexibility index (Phi) is 17.2. The van der Waals surface area contributed by atoms with Crippen LogP contribution in [0.1, 0.15) is 78.6 Å². The zero-order valence-electron chi connectivity index (χ0n) is 30.1. The summed E-state index contributed by atoms with van der Waals surface area (Å²) < 4.78 is 23.1. The van der Waals surface area contributed by atoms with Gasteiger partial charge < -0.3 is 60.4 Å². The van der Waals surface area contributed by atoms with Crippen molar-refractivity contribution in [2.45, 2.75) is 152 Å². The molecule has 0 aromatic carbocycles. The number of cyclic esters (lactones) is 1. The number of Topliss-reactive ketones (excluding diaryl/α,β-unsaturated/α-hetero) is 1. The molecule has 0 aliphatic carbocycles. The number of carbonyl (C=O) groups excluding carboxylic acids is 2. The van der Waals surface area contributed by atoms with E-state index in [-0.39, 0.29) is 44.3 Å². The highest BCUT2D eigenvalue weighted by Crippen LogP contribution is 2.38. The van der Waals surface area contributed by atoms with E-state index in [1.807, 2.05) is 0 Å². The molecule has 0 radical (unpaired) electrons. The van der Waals surface area contributed by atoms with Crippen molar-refractivity contribution in [1.82, 2.24) is 0 Å². The monoisotopic (exact) mass is 739 g/mol. The van der Waals surface area contributed by atoms with E-state index in [1.165, 1.54) is 0 Å². The molecule has 0 amide bonds. The second-order valence-corrected chi connectivity index (χ2v) is 14.1. The van der Waals surface area contributed by atoms with Gasteiger partial charge in [0.25, 0.3) is 0 Å². The number of ketones is 1. The molecule has 0 aromatic rings. The summed E-state index contributed by atoms with van der Waals surface area (Å²) in [6.07, 6.45) is 1.33. The van der Waals surface area contributed by atoms with Crippen LogP contribution in [0.15, 0.2) is 48.6 Å². The Morgan fingerprint density at radius 2 is 1.65 bits per heavy atom. The van der Waals surface area contributed by atoms with Gasteiger partial charge in [-0.3, -0.25) is 14.4 Å². The molecule has 9 N–H and O–H groups in total. The number of carbonyl (C=O) groups is 3. The van der Waals surface area contributed by atoms with Crippen LogP contribution < -0.4 is 5.73 Å². The summed E-state index contributed by atoms with van der Waals surface area (Å²) in [5.41, 5.74) is 5.98. The van der Waals surface area contributed by atoms with Crippen LogP contribution >= 0.6 is 0 Å². The van der Waals surface area contributed by atoms with Crippen LogP contribution in [0, 0.1) is 11.8 Å². The fourth-order valence-electron chi connectivity index (χ4n) is 6.72. The quantitative estimate of drug-likeness (QED) is 0.187. The van der Waals surface area contributed by atoms with Gasteiger partial charge in [0, 0.05) is 38.5 Å². The van der Waals surface area contributed by atoms with Gasteiger partial charge in [-0.05, 0) is 33.1 Å². The first kappa shape index (κ1) is 43.6. The Morgan fingerprint density at radius 1 is 0.981 bits per heavy atom. The van der Waals surface area contributed by atoms with Gasteiger partial charge in [0.15, 0.2) is 12.1 Å². The second-order valence-electron chi connectivity index (χ2n) is 14.1. The first-order chi connectivity index (χ1) is 24.5. The van der Waals surface area contributed by atoms with Crippen molar-refractivity contribution in [3.63, 3.8) is 0 Å². The van der Waals surface area contributed by atoms with Gasteiger partial charge >= 0.3 is 11.9 Å². The molecule has 2 saturated heterocycles. The molecule has 0 spiro atoms. The Labute approximate surface area is 304 Å². The number of hydrogen-bond acceptors (Lipinski definition) is 14. The lowest BCUT2D eigenvalue weighted by Gasteiger charge is -2.45. The standard InChI is InChI=1S/C37H57NO14/c1-4-26-27(41)17-23(39)14-12-15-24(40)19-37(48)20-28(42)30(34(45)46)29(52-37)18-25(51-36-33(44)31(38)32(43)22(3)50-36)16-11-9-7-5-6-8-10-13-21(2)49-35(26)47/h5-11,16,21-22,24-33,36,40-44,48H,4,12-15,17-20,38H2,1-3H3,(H,45,46)/b6-5+,9-7+,10-8+,16-11+/t21-,22-,24+,25+,26+,27-,28+,29?,30-,31+,32-,33+,36+,37-/m1/s1. The highest BCUT2D eigenvalue weighted by atomic mass is 16.7. The maximum atomic E-state index is 12.8. The zero-order valence-corrected chi connectivity index (χ0v) is 30.1. The molecule has 14 atom stereocenters. The lowest BCUT2D eigenvalue weighted by atomic mass is 9.83. The number of nitrogens with two attached hydrogens (primary N) is 1. The molecule has 2 fully saturated rings. The van der Waals surface area contributed by atoms with E-state index in [0.29, 0.717) is 6.42 Å². The second kappa shape index (κ2) is 20.6. The van der Waals surface area contributed by atoms with Crippen molar-refractivity contribution in [3.05, 3.63) is 48.6 Å². The summed E-state index contributed by atoms with van der Waals surface area (Å²) in [7, 11) is 0. The third kappa shape index (κ3) is 12.9. The smallest absolute Gasteiger partial charge is 0.311 e. The van der Waals surface area contributed by atoms with Gasteiger partial charge in [0.05, 0.1) is 54.7 Å². The Bertz CT molecular complexity index is 1290. The summed E-state index contributed by atoms with van der Waals surface area (Å²) in [6.45, 7) is 5.00. The summed E-state index contributed by atoms with van der Waals surface area (Å²) in [6, 6.07) is -1.10. The number of carboxylic acids is 1. The minimum absolute atomic E-state index is 0.0197. The number of rotatable bonds is 4. The fourth-order valence-corrected chi connectivity index (χ4v) is 6.72. The van der Waals surface area contributed by atoms with Gasteiger partial charge in [-0.1, -0.05) is 55.5 Å². The van der Waals surface area contributed by atoms with Gasteiger partial charge in [0.2, 0.25) is 0 Å². The molecule has 0 saturated carbocycles. The van der Waals surface area contributed by atoms with Gasteiger partial charge in [-0.25, -0.2) is 0 Å². The molecule has 294 valence electrons. The third-order valence-electron chi connectivity index (χ3n) is 9.66. The van der Waals surface area contributed by atoms with E-state index in [2.05, 4.69) is 0 Å². The van der Waals surface area contributed by atoms with Crippen LogP contribution in [-0.4, -0.2) is 127 Å². The van der Waals surface area contributed by atoms with Crippen molar-refractivity contribution >= 4 is 17.7 Å². The number of aliphatic hydroxyl groups excluding tert-OH is 5. The Hall–Kier alpha value is -2.83. The van der Waals surface area contributed by atoms with E-state index >= 15 is 0 Å². The fraction of sp³-hybridized carbons (Fsp3) is 0.703. The molecule has 0 aromatic heterocycles. The maximum absolute atomic E-state index is 12.8. The molecule has 2 bridgehead atoms. The molecule has 1 unspecified atom stereocenters. The number of allylic oxidation sites excluding steroid dienone is 6. The third-order valence-corrected chi connectivity index (χ3v) is 9.66. The van der Waals surface area contributed by atoms with Crippen LogP contribution in [0.4, 0.5) is 0 Å². The van der Waals surface area contributed by atoms with E-state index in [9.17, 15) is 50.1 Å². The highest BCUT2D eigenvalue weighted by molar-refractivity contribution is 5.80.